The van der Waals surface area contributed by atoms with Crippen LogP contribution in [0.3, 0.4) is 0 Å². The Hall–Kier alpha value is -0.380. The molecule has 1 aliphatic heterocycles. The Morgan fingerprint density at radius 2 is 2.24 bits per heavy atom. The van der Waals surface area contributed by atoms with E-state index in [1.54, 1.807) is 0 Å². The number of hydrogen-bond donors (Lipinski definition) is 1. The maximum absolute atomic E-state index is 3.72. The quantitative estimate of drug-likeness (QED) is 0.712. The second-order valence-electron chi connectivity index (χ2n) is 6.20. The van der Waals surface area contributed by atoms with Crippen LogP contribution in [0.1, 0.15) is 57.6 Å². The van der Waals surface area contributed by atoms with Gasteiger partial charge in [0.15, 0.2) is 0 Å². The summed E-state index contributed by atoms with van der Waals surface area (Å²) in [6.45, 7) is 8.27. The van der Waals surface area contributed by atoms with Gasteiger partial charge in [0.1, 0.15) is 0 Å². The topological polar surface area (TPSA) is 15.3 Å². The molecule has 3 heteroatoms. The normalized spacial score (nSPS) is 21.4. The van der Waals surface area contributed by atoms with E-state index in [1.807, 2.05) is 0 Å². The predicted molar refractivity (Wildman–Crippen MR) is 94.7 cm³/mol. The lowest BCUT2D eigenvalue weighted by atomic mass is 10.0. The van der Waals surface area contributed by atoms with Gasteiger partial charge in [-0.2, -0.15) is 0 Å². The number of nitrogens with one attached hydrogen (secondary N) is 1. The van der Waals surface area contributed by atoms with Crippen molar-refractivity contribution >= 4 is 15.9 Å². The molecule has 2 atom stereocenters. The van der Waals surface area contributed by atoms with Gasteiger partial charge in [0.05, 0.1) is 0 Å². The molecule has 2 nitrogen and oxygen atoms in total. The third-order valence-corrected chi connectivity index (χ3v) is 5.11. The maximum atomic E-state index is 3.72. The van der Waals surface area contributed by atoms with Gasteiger partial charge in [-0.15, -0.1) is 0 Å². The van der Waals surface area contributed by atoms with Crippen molar-refractivity contribution in [2.45, 2.75) is 58.0 Å². The summed E-state index contributed by atoms with van der Waals surface area (Å²) in [4.78, 5) is 2.66. The first kappa shape index (κ1) is 17.0. The Kier molecular flexibility index (Phi) is 7.21. The average molecular weight is 353 g/mol. The second-order valence-corrected chi connectivity index (χ2v) is 7.12. The molecule has 21 heavy (non-hydrogen) atoms. The number of benzene rings is 1. The Balaban J connectivity index is 1.73. The molecule has 0 aromatic heterocycles. The van der Waals surface area contributed by atoms with Crippen molar-refractivity contribution in [2.75, 3.05) is 19.6 Å². The summed E-state index contributed by atoms with van der Waals surface area (Å²) in [5.41, 5.74) is 1.39. The zero-order valence-corrected chi connectivity index (χ0v) is 15.0. The Morgan fingerprint density at radius 1 is 1.38 bits per heavy atom. The van der Waals surface area contributed by atoms with E-state index in [2.05, 4.69) is 64.3 Å². The number of piperidine rings is 1. The molecule has 1 saturated heterocycles. The molecule has 2 rings (SSSR count). The molecule has 1 heterocycles. The molecule has 0 bridgehead atoms. The fourth-order valence-electron chi connectivity index (χ4n) is 3.27. The number of nitrogens with zero attached hydrogens (tertiary/aromatic N) is 1. The summed E-state index contributed by atoms with van der Waals surface area (Å²) in [5.74, 6) is 0. The molecule has 1 N–H and O–H groups in total. The van der Waals surface area contributed by atoms with Crippen LogP contribution in [0.5, 0.6) is 0 Å². The summed E-state index contributed by atoms with van der Waals surface area (Å²) >= 11 is 3.57. The van der Waals surface area contributed by atoms with Gasteiger partial charge in [-0.1, -0.05) is 41.4 Å². The third-order valence-electron chi connectivity index (χ3n) is 4.61. The van der Waals surface area contributed by atoms with Crippen molar-refractivity contribution < 1.29 is 0 Å². The van der Waals surface area contributed by atoms with Crippen LogP contribution in [0.4, 0.5) is 0 Å². The summed E-state index contributed by atoms with van der Waals surface area (Å²) in [6.07, 6.45) is 6.55. The first-order valence-corrected chi connectivity index (χ1v) is 9.23. The first-order valence-electron chi connectivity index (χ1n) is 8.43. The smallest absolute Gasteiger partial charge is 0.0318 e. The van der Waals surface area contributed by atoms with E-state index in [1.165, 1.54) is 48.8 Å². The van der Waals surface area contributed by atoms with E-state index in [9.17, 15) is 0 Å². The zero-order valence-electron chi connectivity index (χ0n) is 13.4. The van der Waals surface area contributed by atoms with Gasteiger partial charge in [0, 0.05) is 16.6 Å². The van der Waals surface area contributed by atoms with Crippen LogP contribution in [0.2, 0.25) is 0 Å². The lowest BCUT2D eigenvalue weighted by Crippen LogP contribution is -2.39. The molecule has 0 radical (unpaired) electrons. The summed E-state index contributed by atoms with van der Waals surface area (Å²) in [6, 6.07) is 9.92. The second kappa shape index (κ2) is 8.92. The molecule has 0 amide bonds. The van der Waals surface area contributed by atoms with Crippen LogP contribution in [0.15, 0.2) is 28.7 Å². The number of likely N-dealkylation sites (tertiary alicyclic amines) is 1. The third kappa shape index (κ3) is 5.39. The average Bonchev–Trinajstić information content (AvgIpc) is 2.49. The van der Waals surface area contributed by atoms with Gasteiger partial charge in [-0.3, -0.25) is 0 Å². The first-order chi connectivity index (χ1) is 10.2. The van der Waals surface area contributed by atoms with Crippen molar-refractivity contribution in [1.29, 1.82) is 0 Å². The SMILES string of the molecule is CCC(NCCCN1CCCCC1C)c1cccc(Br)c1. The Morgan fingerprint density at radius 3 is 2.95 bits per heavy atom. The minimum absolute atomic E-state index is 0.473. The summed E-state index contributed by atoms with van der Waals surface area (Å²) < 4.78 is 1.17. The van der Waals surface area contributed by atoms with E-state index in [-0.39, 0.29) is 0 Å². The van der Waals surface area contributed by atoms with Crippen molar-refractivity contribution in [3.8, 4) is 0 Å². The zero-order chi connectivity index (χ0) is 15.1. The minimum atomic E-state index is 0.473. The molecular formula is C18H29BrN2. The summed E-state index contributed by atoms with van der Waals surface area (Å²) in [7, 11) is 0. The molecule has 0 spiro atoms. The predicted octanol–water partition coefficient (Wildman–Crippen LogP) is 4.75. The van der Waals surface area contributed by atoms with Gasteiger partial charge < -0.3 is 10.2 Å². The lowest BCUT2D eigenvalue weighted by Gasteiger charge is -2.33. The molecule has 0 saturated carbocycles. The Labute approximate surface area is 138 Å². The number of halogens is 1. The van der Waals surface area contributed by atoms with Crippen LogP contribution >= 0.6 is 15.9 Å². The van der Waals surface area contributed by atoms with Gasteiger partial charge in [0.2, 0.25) is 0 Å². The number of rotatable bonds is 7. The summed E-state index contributed by atoms with van der Waals surface area (Å²) in [5, 5.41) is 3.72. The fourth-order valence-corrected chi connectivity index (χ4v) is 3.69. The van der Waals surface area contributed by atoms with Crippen molar-refractivity contribution in [1.82, 2.24) is 10.2 Å². The Bertz CT molecular complexity index is 421. The highest BCUT2D eigenvalue weighted by Gasteiger charge is 2.17. The van der Waals surface area contributed by atoms with Gasteiger partial charge in [-0.05, 0) is 69.9 Å². The van der Waals surface area contributed by atoms with Gasteiger partial charge >= 0.3 is 0 Å². The molecule has 1 fully saturated rings. The van der Waals surface area contributed by atoms with E-state index in [4.69, 9.17) is 0 Å². The maximum Gasteiger partial charge on any atom is 0.0318 e. The van der Waals surface area contributed by atoms with Gasteiger partial charge in [-0.25, -0.2) is 0 Å². The minimum Gasteiger partial charge on any atom is -0.310 e. The van der Waals surface area contributed by atoms with Crippen molar-refractivity contribution in [3.63, 3.8) is 0 Å². The van der Waals surface area contributed by atoms with Gasteiger partial charge in [0.25, 0.3) is 0 Å². The van der Waals surface area contributed by atoms with Crippen LogP contribution in [-0.2, 0) is 0 Å². The highest BCUT2D eigenvalue weighted by Crippen LogP contribution is 2.21. The molecule has 1 aliphatic rings. The van der Waals surface area contributed by atoms with Crippen LogP contribution in [0, 0.1) is 0 Å². The highest BCUT2D eigenvalue weighted by molar-refractivity contribution is 9.10. The molecule has 118 valence electrons. The lowest BCUT2D eigenvalue weighted by molar-refractivity contribution is 0.158. The van der Waals surface area contributed by atoms with Crippen molar-refractivity contribution in [3.05, 3.63) is 34.3 Å². The number of hydrogen-bond acceptors (Lipinski definition) is 2. The van der Waals surface area contributed by atoms with Crippen LogP contribution < -0.4 is 5.32 Å². The molecule has 2 unspecified atom stereocenters. The van der Waals surface area contributed by atoms with E-state index in [0.717, 1.165) is 19.0 Å². The van der Waals surface area contributed by atoms with Crippen LogP contribution in [-0.4, -0.2) is 30.6 Å². The highest BCUT2D eigenvalue weighted by atomic mass is 79.9. The molecule has 1 aromatic carbocycles. The van der Waals surface area contributed by atoms with Crippen molar-refractivity contribution in [2.24, 2.45) is 0 Å². The largest absolute Gasteiger partial charge is 0.310 e. The molecule has 0 aliphatic carbocycles. The molecule has 1 aromatic rings. The van der Waals surface area contributed by atoms with E-state index >= 15 is 0 Å². The van der Waals surface area contributed by atoms with E-state index < -0.39 is 0 Å². The van der Waals surface area contributed by atoms with E-state index in [0.29, 0.717) is 6.04 Å². The fraction of sp³-hybridized carbons (Fsp3) is 0.667. The molecular weight excluding hydrogens is 324 g/mol. The monoisotopic (exact) mass is 352 g/mol. The van der Waals surface area contributed by atoms with Crippen LogP contribution in [0.25, 0.3) is 0 Å². The standard InChI is InChI=1S/C18H29BrN2/c1-3-18(16-9-6-10-17(19)14-16)20-11-7-13-21-12-5-4-8-15(21)2/h6,9-10,14-15,18,20H,3-5,7-8,11-13H2,1-2H3.